The molecule has 2 unspecified atom stereocenters. The van der Waals surface area contributed by atoms with Crippen molar-refractivity contribution in [3.8, 4) is 0 Å². The third-order valence-electron chi connectivity index (χ3n) is 5.59. The molecule has 0 aromatic rings. The fourth-order valence-corrected chi connectivity index (χ4v) is 4.38. The summed E-state index contributed by atoms with van der Waals surface area (Å²) in [5.74, 6) is 0.807. The van der Waals surface area contributed by atoms with E-state index < -0.39 is 0 Å². The summed E-state index contributed by atoms with van der Waals surface area (Å²) in [6, 6.07) is 0.0386. The lowest BCUT2D eigenvalue weighted by atomic mass is 9.73. The zero-order valence-electron chi connectivity index (χ0n) is 12.5. The van der Waals surface area contributed by atoms with E-state index in [0.29, 0.717) is 11.8 Å². The van der Waals surface area contributed by atoms with E-state index in [1.807, 2.05) is 6.21 Å². The Morgan fingerprint density at radius 1 is 1.38 bits per heavy atom. The van der Waals surface area contributed by atoms with Crippen molar-refractivity contribution in [2.75, 3.05) is 13.7 Å². The van der Waals surface area contributed by atoms with Crippen molar-refractivity contribution in [1.82, 2.24) is 0 Å². The van der Waals surface area contributed by atoms with Crippen LogP contribution in [0.5, 0.6) is 0 Å². The van der Waals surface area contributed by atoms with Gasteiger partial charge < -0.3 is 4.74 Å². The standard InChI is InChI=1S/C17H20N2O2/c1-9-11-5-14-13(17(20)21-2)7-12(9)16-10(3-4-18-14)8-19-15(16)6-11/h3-4,9,11,13-14H,5-8H2,1-2H3/b10-3-,18-4?/t9?,11-,13?,14+/m1/s1. The lowest BCUT2D eigenvalue weighted by Gasteiger charge is -2.31. The predicted octanol–water partition coefficient (Wildman–Crippen LogP) is 2.36. The normalized spacial score (nSPS) is 39.1. The third-order valence-corrected chi connectivity index (χ3v) is 5.59. The molecule has 0 aromatic carbocycles. The largest absolute Gasteiger partial charge is 0.469 e. The van der Waals surface area contributed by atoms with Crippen molar-refractivity contribution < 1.29 is 9.53 Å². The third kappa shape index (κ3) is 1.84. The molecule has 3 bridgehead atoms. The van der Waals surface area contributed by atoms with E-state index in [-0.39, 0.29) is 17.9 Å². The van der Waals surface area contributed by atoms with Gasteiger partial charge in [-0.1, -0.05) is 12.5 Å². The van der Waals surface area contributed by atoms with Gasteiger partial charge in [-0.3, -0.25) is 14.8 Å². The number of esters is 1. The molecule has 1 saturated carbocycles. The molecule has 4 heteroatoms. The summed E-state index contributed by atoms with van der Waals surface area (Å²) in [5.41, 5.74) is 5.29. The lowest BCUT2D eigenvalue weighted by Crippen LogP contribution is -2.28. The quantitative estimate of drug-likeness (QED) is 0.694. The van der Waals surface area contributed by atoms with E-state index in [4.69, 9.17) is 14.7 Å². The Morgan fingerprint density at radius 2 is 2.24 bits per heavy atom. The number of allylic oxidation sites excluding steroid dienone is 2. The minimum Gasteiger partial charge on any atom is -0.469 e. The van der Waals surface area contributed by atoms with Crippen molar-refractivity contribution >= 4 is 17.9 Å². The molecule has 0 aromatic heterocycles. The van der Waals surface area contributed by atoms with Gasteiger partial charge in [0.1, 0.15) is 0 Å². The number of ether oxygens (including phenoxy) is 1. The molecule has 0 amide bonds. The zero-order chi connectivity index (χ0) is 14.6. The first-order chi connectivity index (χ1) is 10.2. The average molecular weight is 284 g/mol. The number of carbonyl (C=O) groups excluding carboxylic acids is 1. The average Bonchev–Trinajstić information content (AvgIpc) is 2.86. The SMILES string of the molecule is COC(=O)C1CC2=C3C4=NC/C3=C/C=N[C@H]1C[C@H](C4)C2C. The Hall–Kier alpha value is -1.71. The van der Waals surface area contributed by atoms with E-state index in [1.165, 1.54) is 29.5 Å². The minimum absolute atomic E-state index is 0.0386. The molecule has 0 spiro atoms. The summed E-state index contributed by atoms with van der Waals surface area (Å²) in [7, 11) is 1.48. The monoisotopic (exact) mass is 284 g/mol. The van der Waals surface area contributed by atoms with Crippen molar-refractivity contribution in [2.24, 2.45) is 27.7 Å². The van der Waals surface area contributed by atoms with Gasteiger partial charge in [-0.25, -0.2) is 0 Å². The number of rotatable bonds is 1. The minimum atomic E-state index is -0.145. The molecular weight excluding hydrogens is 264 g/mol. The smallest absolute Gasteiger partial charge is 0.311 e. The Kier molecular flexibility index (Phi) is 2.88. The van der Waals surface area contributed by atoms with E-state index in [1.54, 1.807) is 0 Å². The molecule has 2 heterocycles. The highest BCUT2D eigenvalue weighted by atomic mass is 16.5. The molecular formula is C17H20N2O2. The number of nitrogens with zero attached hydrogens (tertiary/aromatic N) is 2. The molecule has 0 radical (unpaired) electrons. The van der Waals surface area contributed by atoms with Crippen LogP contribution in [0.15, 0.2) is 32.8 Å². The van der Waals surface area contributed by atoms with Crippen LogP contribution >= 0.6 is 0 Å². The van der Waals surface area contributed by atoms with Gasteiger partial charge in [0.25, 0.3) is 0 Å². The molecule has 4 aliphatic rings. The Bertz CT molecular complexity index is 627. The molecule has 2 aliphatic carbocycles. The van der Waals surface area contributed by atoms with Gasteiger partial charge in [0, 0.05) is 17.5 Å². The van der Waals surface area contributed by atoms with Gasteiger partial charge in [-0.05, 0) is 42.7 Å². The first-order valence-corrected chi connectivity index (χ1v) is 7.76. The number of fused-ring (bicyclic) bond motifs is 3. The Balaban J connectivity index is 1.91. The fourth-order valence-electron chi connectivity index (χ4n) is 4.38. The summed E-state index contributed by atoms with van der Waals surface area (Å²) < 4.78 is 5.05. The van der Waals surface area contributed by atoms with Crippen LogP contribution in [0.1, 0.15) is 26.2 Å². The highest BCUT2D eigenvalue weighted by Crippen LogP contribution is 2.47. The number of hydrogen-bond donors (Lipinski definition) is 0. The molecule has 110 valence electrons. The zero-order valence-corrected chi connectivity index (χ0v) is 12.5. The summed E-state index contributed by atoms with van der Waals surface area (Å²) in [4.78, 5) is 21.7. The van der Waals surface area contributed by atoms with Crippen LogP contribution < -0.4 is 0 Å². The van der Waals surface area contributed by atoms with Crippen LogP contribution in [-0.4, -0.2) is 37.6 Å². The van der Waals surface area contributed by atoms with Crippen LogP contribution in [-0.2, 0) is 9.53 Å². The van der Waals surface area contributed by atoms with Crippen LogP contribution in [0.2, 0.25) is 0 Å². The summed E-state index contributed by atoms with van der Waals surface area (Å²) in [5, 5.41) is 0. The maximum Gasteiger partial charge on any atom is 0.311 e. The molecule has 4 nitrogen and oxygen atoms in total. The summed E-state index contributed by atoms with van der Waals surface area (Å²) in [6.45, 7) is 3.08. The molecule has 4 rings (SSSR count). The maximum absolute atomic E-state index is 12.2. The number of aliphatic imine (C=N–C) groups is 2. The van der Waals surface area contributed by atoms with Gasteiger partial charge in [0.15, 0.2) is 0 Å². The van der Waals surface area contributed by atoms with Crippen LogP contribution in [0.3, 0.4) is 0 Å². The van der Waals surface area contributed by atoms with Gasteiger partial charge in [0.2, 0.25) is 0 Å². The Morgan fingerprint density at radius 3 is 3.05 bits per heavy atom. The van der Waals surface area contributed by atoms with Gasteiger partial charge >= 0.3 is 5.97 Å². The van der Waals surface area contributed by atoms with Crippen molar-refractivity contribution in [3.63, 3.8) is 0 Å². The van der Waals surface area contributed by atoms with Crippen LogP contribution in [0.25, 0.3) is 0 Å². The van der Waals surface area contributed by atoms with Crippen LogP contribution in [0, 0.1) is 17.8 Å². The van der Waals surface area contributed by atoms with E-state index >= 15 is 0 Å². The van der Waals surface area contributed by atoms with E-state index in [2.05, 4.69) is 13.0 Å². The highest BCUT2D eigenvalue weighted by Gasteiger charge is 2.44. The van der Waals surface area contributed by atoms with E-state index in [9.17, 15) is 4.79 Å². The van der Waals surface area contributed by atoms with Gasteiger partial charge in [-0.2, -0.15) is 0 Å². The first-order valence-electron chi connectivity index (χ1n) is 7.76. The molecule has 0 saturated heterocycles. The lowest BCUT2D eigenvalue weighted by molar-refractivity contribution is -0.146. The van der Waals surface area contributed by atoms with Crippen molar-refractivity contribution in [1.29, 1.82) is 0 Å². The molecule has 1 fully saturated rings. The summed E-state index contributed by atoms with van der Waals surface area (Å²) >= 11 is 0. The predicted molar refractivity (Wildman–Crippen MR) is 81.7 cm³/mol. The van der Waals surface area contributed by atoms with Crippen molar-refractivity contribution in [2.45, 2.75) is 32.2 Å². The topological polar surface area (TPSA) is 51.0 Å². The second-order valence-electron chi connectivity index (χ2n) is 6.54. The molecule has 4 atom stereocenters. The first kappa shape index (κ1) is 13.0. The highest BCUT2D eigenvalue weighted by molar-refractivity contribution is 6.09. The van der Waals surface area contributed by atoms with Crippen LogP contribution in [0.4, 0.5) is 0 Å². The number of methoxy groups -OCH3 is 1. The molecule has 0 N–H and O–H groups in total. The maximum atomic E-state index is 12.2. The molecule has 2 aliphatic heterocycles. The van der Waals surface area contributed by atoms with Gasteiger partial charge in [0.05, 0.1) is 25.6 Å². The number of hydrogen-bond acceptors (Lipinski definition) is 4. The molecule has 21 heavy (non-hydrogen) atoms. The number of carbonyl (C=O) groups is 1. The van der Waals surface area contributed by atoms with E-state index in [0.717, 1.165) is 25.8 Å². The fraction of sp³-hybridized carbons (Fsp3) is 0.588. The summed E-state index contributed by atoms with van der Waals surface area (Å²) in [6.07, 6.45) is 6.75. The second kappa shape index (κ2) is 4.65. The van der Waals surface area contributed by atoms with Gasteiger partial charge in [-0.15, -0.1) is 0 Å². The second-order valence-corrected chi connectivity index (χ2v) is 6.54. The Labute approximate surface area is 124 Å². The van der Waals surface area contributed by atoms with Crippen molar-refractivity contribution in [3.05, 3.63) is 22.8 Å².